The second-order valence-electron chi connectivity index (χ2n) is 6.75. The van der Waals surface area contributed by atoms with E-state index >= 15 is 0 Å². The molecule has 0 spiro atoms. The minimum absolute atomic E-state index is 0.0629. The monoisotopic (exact) mass is 406 g/mol. The van der Waals surface area contributed by atoms with Crippen molar-refractivity contribution in [2.75, 3.05) is 25.2 Å². The molecular formula is C20H26N2O3S2. The van der Waals surface area contributed by atoms with Crippen molar-refractivity contribution in [3.63, 3.8) is 0 Å². The molecule has 0 heterocycles. The number of aryl methyl sites for hydroxylation is 3. The Kier molecular flexibility index (Phi) is 7.08. The van der Waals surface area contributed by atoms with Crippen LogP contribution in [0.5, 0.6) is 0 Å². The lowest BCUT2D eigenvalue weighted by Gasteiger charge is -2.13. The van der Waals surface area contributed by atoms with Gasteiger partial charge in [-0.1, -0.05) is 29.8 Å². The molecule has 0 unspecified atom stereocenters. The van der Waals surface area contributed by atoms with Crippen LogP contribution in [0, 0.1) is 20.8 Å². The van der Waals surface area contributed by atoms with E-state index in [0.717, 1.165) is 22.4 Å². The molecule has 27 heavy (non-hydrogen) atoms. The number of thioether (sulfide) groups is 1. The largest absolute Gasteiger partial charge is 0.325 e. The van der Waals surface area contributed by atoms with E-state index in [-0.39, 0.29) is 10.8 Å². The lowest BCUT2D eigenvalue weighted by Crippen LogP contribution is -2.22. The van der Waals surface area contributed by atoms with E-state index < -0.39 is 10.0 Å². The summed E-state index contributed by atoms with van der Waals surface area (Å²) >= 11 is 1.46. The Hall–Kier alpha value is -1.83. The average molecular weight is 407 g/mol. The predicted molar refractivity (Wildman–Crippen MR) is 113 cm³/mol. The van der Waals surface area contributed by atoms with Gasteiger partial charge in [-0.3, -0.25) is 4.79 Å². The number of hydrogen-bond acceptors (Lipinski definition) is 4. The van der Waals surface area contributed by atoms with Gasteiger partial charge in [-0.05, 0) is 49.6 Å². The van der Waals surface area contributed by atoms with Crippen LogP contribution in [0.3, 0.4) is 0 Å². The van der Waals surface area contributed by atoms with Gasteiger partial charge in [0.2, 0.25) is 15.9 Å². The maximum Gasteiger partial charge on any atom is 0.242 e. The maximum atomic E-state index is 12.3. The normalized spacial score (nSPS) is 11.6. The molecule has 0 saturated heterocycles. The van der Waals surface area contributed by atoms with Crippen LogP contribution in [-0.2, 0) is 20.6 Å². The number of nitrogens with zero attached hydrogens (tertiary/aromatic N) is 1. The molecule has 1 N–H and O–H groups in total. The molecule has 7 heteroatoms. The van der Waals surface area contributed by atoms with Gasteiger partial charge in [-0.2, -0.15) is 0 Å². The lowest BCUT2D eigenvalue weighted by atomic mass is 10.1. The molecule has 0 atom stereocenters. The van der Waals surface area contributed by atoms with E-state index in [1.165, 1.54) is 35.7 Å². The molecule has 0 aromatic heterocycles. The van der Waals surface area contributed by atoms with Crippen LogP contribution < -0.4 is 5.32 Å². The summed E-state index contributed by atoms with van der Waals surface area (Å²) in [4.78, 5) is 12.5. The fourth-order valence-electron chi connectivity index (χ4n) is 2.82. The number of sulfonamides is 1. The van der Waals surface area contributed by atoms with Crippen LogP contribution in [0.25, 0.3) is 0 Å². The highest BCUT2D eigenvalue weighted by Crippen LogP contribution is 2.23. The first-order valence-corrected chi connectivity index (χ1v) is 11.2. The zero-order valence-electron chi connectivity index (χ0n) is 16.4. The summed E-state index contributed by atoms with van der Waals surface area (Å²) in [5.41, 5.74) is 5.01. The third-order valence-corrected chi connectivity index (χ3v) is 6.94. The molecule has 146 valence electrons. The van der Waals surface area contributed by atoms with E-state index in [1.807, 2.05) is 39.0 Å². The summed E-state index contributed by atoms with van der Waals surface area (Å²) in [6.45, 7) is 6.00. The van der Waals surface area contributed by atoms with Gasteiger partial charge in [0.15, 0.2) is 0 Å². The van der Waals surface area contributed by atoms with Gasteiger partial charge < -0.3 is 5.32 Å². The number of carbonyl (C=O) groups is 1. The van der Waals surface area contributed by atoms with Crippen LogP contribution in [0.2, 0.25) is 0 Å². The summed E-state index contributed by atoms with van der Waals surface area (Å²) in [6.07, 6.45) is 0. The zero-order chi connectivity index (χ0) is 20.2. The van der Waals surface area contributed by atoms with E-state index in [9.17, 15) is 13.2 Å². The Morgan fingerprint density at radius 1 is 1.07 bits per heavy atom. The van der Waals surface area contributed by atoms with E-state index in [1.54, 1.807) is 18.2 Å². The number of rotatable bonds is 7. The average Bonchev–Trinajstić information content (AvgIpc) is 2.58. The summed E-state index contributed by atoms with van der Waals surface area (Å²) < 4.78 is 25.6. The number of carbonyl (C=O) groups excluding carboxylic acids is 1. The van der Waals surface area contributed by atoms with E-state index in [0.29, 0.717) is 11.5 Å². The van der Waals surface area contributed by atoms with Crippen molar-refractivity contribution in [2.24, 2.45) is 0 Å². The van der Waals surface area contributed by atoms with Gasteiger partial charge in [-0.15, -0.1) is 11.8 Å². The third-order valence-electron chi connectivity index (χ3n) is 4.12. The summed E-state index contributed by atoms with van der Waals surface area (Å²) in [6, 6.07) is 10.9. The van der Waals surface area contributed by atoms with Crippen molar-refractivity contribution in [1.29, 1.82) is 0 Å². The van der Waals surface area contributed by atoms with Crippen LogP contribution in [0.15, 0.2) is 41.3 Å². The molecule has 5 nitrogen and oxygen atoms in total. The van der Waals surface area contributed by atoms with Crippen LogP contribution in [0.4, 0.5) is 5.69 Å². The highest BCUT2D eigenvalue weighted by Gasteiger charge is 2.17. The lowest BCUT2D eigenvalue weighted by molar-refractivity contribution is -0.113. The van der Waals surface area contributed by atoms with Gasteiger partial charge in [-0.25, -0.2) is 12.7 Å². The molecule has 2 rings (SSSR count). The van der Waals surface area contributed by atoms with Crippen molar-refractivity contribution in [3.8, 4) is 0 Å². The first-order chi connectivity index (χ1) is 12.6. The van der Waals surface area contributed by atoms with E-state index in [4.69, 9.17) is 0 Å². The Morgan fingerprint density at radius 3 is 2.30 bits per heavy atom. The predicted octanol–water partition coefficient (Wildman–Crippen LogP) is 3.73. The molecule has 0 saturated carbocycles. The molecule has 1 amide bonds. The van der Waals surface area contributed by atoms with Crippen molar-refractivity contribution >= 4 is 33.4 Å². The highest BCUT2D eigenvalue weighted by molar-refractivity contribution is 7.99. The fourth-order valence-corrected chi connectivity index (χ4v) is 4.57. The second kappa shape index (κ2) is 8.91. The van der Waals surface area contributed by atoms with Crippen molar-refractivity contribution in [1.82, 2.24) is 4.31 Å². The van der Waals surface area contributed by atoms with Crippen molar-refractivity contribution in [2.45, 2.75) is 31.4 Å². The van der Waals surface area contributed by atoms with Crippen molar-refractivity contribution < 1.29 is 13.2 Å². The van der Waals surface area contributed by atoms with Gasteiger partial charge >= 0.3 is 0 Å². The number of amides is 1. The smallest absolute Gasteiger partial charge is 0.242 e. The minimum atomic E-state index is -3.45. The number of anilines is 1. The standard InChI is InChI=1S/C20H26N2O3S2/c1-14-9-15(2)20(16(3)10-14)21-19(23)13-26-12-17-7-6-8-18(11-17)27(24,25)22(4)5/h6-11H,12-13H2,1-5H3,(H,21,23). The van der Waals surface area contributed by atoms with Gasteiger partial charge in [0.1, 0.15) is 0 Å². The topological polar surface area (TPSA) is 66.5 Å². The minimum Gasteiger partial charge on any atom is -0.325 e. The second-order valence-corrected chi connectivity index (χ2v) is 9.89. The molecule has 0 bridgehead atoms. The molecule has 2 aromatic rings. The van der Waals surface area contributed by atoms with Crippen LogP contribution in [-0.4, -0.2) is 38.5 Å². The molecule has 0 aliphatic rings. The molecule has 2 aromatic carbocycles. The molecule has 0 aliphatic heterocycles. The molecule has 0 fully saturated rings. The Balaban J connectivity index is 1.96. The number of benzene rings is 2. The molecule has 0 radical (unpaired) electrons. The quantitative estimate of drug-likeness (QED) is 0.761. The number of hydrogen-bond donors (Lipinski definition) is 1. The summed E-state index contributed by atoms with van der Waals surface area (Å²) in [5.74, 6) is 0.806. The zero-order valence-corrected chi connectivity index (χ0v) is 18.0. The van der Waals surface area contributed by atoms with Gasteiger partial charge in [0.25, 0.3) is 0 Å². The van der Waals surface area contributed by atoms with E-state index in [2.05, 4.69) is 5.32 Å². The molecular weight excluding hydrogens is 380 g/mol. The first-order valence-electron chi connectivity index (χ1n) is 8.58. The Labute approximate surface area is 166 Å². The Bertz CT molecular complexity index is 915. The fraction of sp³-hybridized carbons (Fsp3) is 0.350. The Morgan fingerprint density at radius 2 is 1.70 bits per heavy atom. The first kappa shape index (κ1) is 21.5. The van der Waals surface area contributed by atoms with Gasteiger partial charge in [0.05, 0.1) is 10.6 Å². The maximum absolute atomic E-state index is 12.3. The van der Waals surface area contributed by atoms with Crippen LogP contribution in [0.1, 0.15) is 22.3 Å². The highest BCUT2D eigenvalue weighted by atomic mass is 32.2. The molecule has 0 aliphatic carbocycles. The van der Waals surface area contributed by atoms with Gasteiger partial charge in [0, 0.05) is 25.5 Å². The SMILES string of the molecule is Cc1cc(C)c(NC(=O)CSCc2cccc(S(=O)(=O)N(C)C)c2)c(C)c1. The van der Waals surface area contributed by atoms with Crippen molar-refractivity contribution in [3.05, 3.63) is 58.7 Å². The summed E-state index contributed by atoms with van der Waals surface area (Å²) in [5, 5.41) is 2.98. The number of nitrogens with one attached hydrogen (secondary N) is 1. The van der Waals surface area contributed by atoms with Crippen LogP contribution >= 0.6 is 11.8 Å². The summed E-state index contributed by atoms with van der Waals surface area (Å²) in [7, 11) is -0.430. The third kappa shape index (κ3) is 5.57.